The second-order valence-corrected chi connectivity index (χ2v) is 5.00. The van der Waals surface area contributed by atoms with Crippen molar-refractivity contribution in [2.45, 2.75) is 32.2 Å². The largest absolute Gasteiger partial charge is 0.476 e. The first-order chi connectivity index (χ1) is 9.61. The highest BCUT2D eigenvalue weighted by Crippen LogP contribution is 2.22. The van der Waals surface area contributed by atoms with Crippen LogP contribution in [0.5, 0.6) is 5.88 Å². The number of rotatable bonds is 5. The van der Waals surface area contributed by atoms with Gasteiger partial charge in [-0.15, -0.1) is 0 Å². The van der Waals surface area contributed by atoms with Gasteiger partial charge in [0, 0.05) is 17.0 Å². The summed E-state index contributed by atoms with van der Waals surface area (Å²) in [7, 11) is 0. The van der Waals surface area contributed by atoms with Crippen LogP contribution in [0.4, 0.5) is 0 Å². The number of ether oxygens (including phenoxy) is 1. The van der Waals surface area contributed by atoms with E-state index in [9.17, 15) is 5.26 Å². The highest BCUT2D eigenvalue weighted by molar-refractivity contribution is 5.85. The molecule has 0 bridgehead atoms. The normalized spacial score (nSPS) is 11.3. The number of nitrogens with zero attached hydrogens (tertiary/aromatic N) is 2. The van der Waals surface area contributed by atoms with Gasteiger partial charge in [-0.05, 0) is 18.9 Å². The molecule has 20 heavy (non-hydrogen) atoms. The summed E-state index contributed by atoms with van der Waals surface area (Å²) in [6, 6.07) is 11.4. The van der Waals surface area contributed by atoms with E-state index < -0.39 is 0 Å². The lowest BCUT2D eigenvalue weighted by Gasteiger charge is -2.26. The molecule has 1 heterocycles. The van der Waals surface area contributed by atoms with Gasteiger partial charge in [-0.25, -0.2) is 4.98 Å². The van der Waals surface area contributed by atoms with Crippen LogP contribution >= 0.6 is 0 Å². The van der Waals surface area contributed by atoms with Crippen LogP contribution in [0.2, 0.25) is 0 Å². The Morgan fingerprint density at radius 3 is 2.65 bits per heavy atom. The van der Waals surface area contributed by atoms with Crippen LogP contribution in [0.3, 0.4) is 0 Å². The average molecular weight is 269 g/mol. The highest BCUT2D eigenvalue weighted by Gasteiger charge is 2.21. The first kappa shape index (κ1) is 14.3. The average Bonchev–Trinajstić information content (AvgIpc) is 2.51. The van der Waals surface area contributed by atoms with Crippen LogP contribution in [-0.4, -0.2) is 17.1 Å². The minimum atomic E-state index is -0.347. The van der Waals surface area contributed by atoms with Crippen LogP contribution in [-0.2, 0) is 0 Å². The summed E-state index contributed by atoms with van der Waals surface area (Å²) in [6.45, 7) is 4.49. The maximum Gasteiger partial charge on any atom is 0.215 e. The van der Waals surface area contributed by atoms with Crippen LogP contribution < -0.4 is 10.5 Å². The summed E-state index contributed by atoms with van der Waals surface area (Å²) in [5.41, 5.74) is 7.19. The van der Waals surface area contributed by atoms with Gasteiger partial charge >= 0.3 is 0 Å². The summed E-state index contributed by atoms with van der Waals surface area (Å²) >= 11 is 0. The molecule has 0 amide bonds. The minimum Gasteiger partial charge on any atom is -0.476 e. The summed E-state index contributed by atoms with van der Waals surface area (Å²) < 4.78 is 5.72. The van der Waals surface area contributed by atoms with Crippen molar-refractivity contribution < 1.29 is 4.74 Å². The van der Waals surface area contributed by atoms with E-state index in [1.165, 1.54) is 0 Å². The molecule has 4 heteroatoms. The molecule has 2 rings (SSSR count). The van der Waals surface area contributed by atoms with Gasteiger partial charge in [0.1, 0.15) is 12.7 Å². The van der Waals surface area contributed by atoms with Gasteiger partial charge in [-0.1, -0.05) is 32.0 Å². The summed E-state index contributed by atoms with van der Waals surface area (Å²) in [5.74, 6) is 0.456. The molecule has 104 valence electrons. The number of benzene rings is 1. The molecule has 0 atom stereocenters. The van der Waals surface area contributed by atoms with Gasteiger partial charge < -0.3 is 10.5 Å². The Balaban J connectivity index is 2.30. The Bertz CT molecular complexity index is 642. The molecule has 0 aliphatic rings. The number of para-hydroxylation sites is 1. The fraction of sp³-hybridized carbons (Fsp3) is 0.375. The van der Waals surface area contributed by atoms with Crippen LogP contribution in [0.25, 0.3) is 10.9 Å². The number of hydrogen-bond acceptors (Lipinski definition) is 4. The molecule has 2 aromatic rings. The molecule has 0 spiro atoms. The van der Waals surface area contributed by atoms with Crippen molar-refractivity contribution >= 4 is 10.9 Å². The Kier molecular flexibility index (Phi) is 4.21. The fourth-order valence-corrected chi connectivity index (χ4v) is 1.99. The lowest BCUT2D eigenvalue weighted by Crippen LogP contribution is -2.44. The summed E-state index contributed by atoms with van der Waals surface area (Å²) in [5, 5.41) is 10.1. The van der Waals surface area contributed by atoms with Gasteiger partial charge in [-0.2, -0.15) is 5.26 Å². The Morgan fingerprint density at radius 2 is 2.00 bits per heavy atom. The molecule has 2 N–H and O–H groups in total. The number of pyridine rings is 1. The standard InChI is InChI=1S/C16H19N3O/c1-3-16(18,4-2)11-20-15-9-12(10-17)13-7-5-6-8-14(13)19-15/h5-9H,3-4,11,18H2,1-2H3. The van der Waals surface area contributed by atoms with E-state index in [2.05, 4.69) is 11.1 Å². The zero-order valence-corrected chi connectivity index (χ0v) is 11.9. The molecule has 0 unspecified atom stereocenters. The molecule has 4 nitrogen and oxygen atoms in total. The van der Waals surface area contributed by atoms with E-state index in [0.717, 1.165) is 23.7 Å². The van der Waals surface area contributed by atoms with E-state index in [4.69, 9.17) is 10.5 Å². The first-order valence-corrected chi connectivity index (χ1v) is 6.83. The zero-order valence-electron chi connectivity index (χ0n) is 11.9. The van der Waals surface area contributed by atoms with Crippen molar-refractivity contribution in [3.05, 3.63) is 35.9 Å². The first-order valence-electron chi connectivity index (χ1n) is 6.83. The molecule has 1 aromatic carbocycles. The third-order valence-corrected chi connectivity index (χ3v) is 3.73. The SMILES string of the molecule is CCC(N)(CC)COc1cc(C#N)c2ccccc2n1. The Hall–Kier alpha value is -2.12. The fourth-order valence-electron chi connectivity index (χ4n) is 1.99. The molecule has 0 aliphatic heterocycles. The van der Waals surface area contributed by atoms with E-state index in [1.807, 2.05) is 38.1 Å². The third-order valence-electron chi connectivity index (χ3n) is 3.73. The predicted molar refractivity (Wildman–Crippen MR) is 79.5 cm³/mol. The van der Waals surface area contributed by atoms with E-state index >= 15 is 0 Å². The topological polar surface area (TPSA) is 71.9 Å². The van der Waals surface area contributed by atoms with Gasteiger partial charge in [-0.3, -0.25) is 0 Å². The molecule has 0 saturated carbocycles. The smallest absolute Gasteiger partial charge is 0.215 e. The molecule has 0 saturated heterocycles. The van der Waals surface area contributed by atoms with Gasteiger partial charge in [0.2, 0.25) is 5.88 Å². The lowest BCUT2D eigenvalue weighted by molar-refractivity contribution is 0.201. The van der Waals surface area contributed by atoms with Crippen LogP contribution in [0, 0.1) is 11.3 Å². The number of hydrogen-bond donors (Lipinski definition) is 1. The summed E-state index contributed by atoms with van der Waals surface area (Å²) in [4.78, 5) is 4.43. The monoisotopic (exact) mass is 269 g/mol. The Morgan fingerprint density at radius 1 is 1.30 bits per heavy atom. The molecule has 1 aromatic heterocycles. The number of nitrogens with two attached hydrogens (primary N) is 1. The number of aromatic nitrogens is 1. The number of fused-ring (bicyclic) bond motifs is 1. The van der Waals surface area contributed by atoms with Crippen LogP contribution in [0.1, 0.15) is 32.3 Å². The molecular weight excluding hydrogens is 250 g/mol. The second-order valence-electron chi connectivity index (χ2n) is 5.00. The van der Waals surface area contributed by atoms with E-state index in [0.29, 0.717) is 18.1 Å². The molecule has 0 aliphatic carbocycles. The lowest BCUT2D eigenvalue weighted by atomic mass is 9.96. The van der Waals surface area contributed by atoms with Gasteiger partial charge in [0.25, 0.3) is 0 Å². The van der Waals surface area contributed by atoms with Crippen molar-refractivity contribution in [3.63, 3.8) is 0 Å². The van der Waals surface area contributed by atoms with Gasteiger partial charge in [0.15, 0.2) is 0 Å². The maximum absolute atomic E-state index is 9.22. The van der Waals surface area contributed by atoms with Crippen molar-refractivity contribution in [1.82, 2.24) is 4.98 Å². The van der Waals surface area contributed by atoms with Gasteiger partial charge in [0.05, 0.1) is 11.1 Å². The quantitative estimate of drug-likeness (QED) is 0.905. The maximum atomic E-state index is 9.22. The second kappa shape index (κ2) is 5.89. The molecule has 0 fully saturated rings. The third kappa shape index (κ3) is 2.89. The minimum absolute atomic E-state index is 0.347. The van der Waals surface area contributed by atoms with E-state index in [-0.39, 0.29) is 5.54 Å². The van der Waals surface area contributed by atoms with Crippen molar-refractivity contribution in [2.75, 3.05) is 6.61 Å². The molecular formula is C16H19N3O. The van der Waals surface area contributed by atoms with E-state index in [1.54, 1.807) is 6.07 Å². The van der Waals surface area contributed by atoms with Crippen molar-refractivity contribution in [2.24, 2.45) is 5.73 Å². The Labute approximate surface area is 119 Å². The zero-order chi connectivity index (χ0) is 14.6. The predicted octanol–water partition coefficient (Wildman–Crippen LogP) is 3.00. The molecule has 0 radical (unpaired) electrons. The van der Waals surface area contributed by atoms with Crippen molar-refractivity contribution in [1.29, 1.82) is 5.26 Å². The number of nitriles is 1. The van der Waals surface area contributed by atoms with Crippen molar-refractivity contribution in [3.8, 4) is 11.9 Å². The summed E-state index contributed by atoms with van der Waals surface area (Å²) in [6.07, 6.45) is 1.67. The van der Waals surface area contributed by atoms with Crippen LogP contribution in [0.15, 0.2) is 30.3 Å². The highest BCUT2D eigenvalue weighted by atomic mass is 16.5.